The largest absolute Gasteiger partial charge is 0.505 e. The van der Waals surface area contributed by atoms with Gasteiger partial charge in [-0.2, -0.15) is 0 Å². The maximum atomic E-state index is 14.4. The van der Waals surface area contributed by atoms with Crippen molar-refractivity contribution in [2.24, 2.45) is 0 Å². The van der Waals surface area contributed by atoms with Crippen LogP contribution < -0.4 is 4.72 Å². The lowest BCUT2D eigenvalue weighted by molar-refractivity contribution is 0.00587. The minimum absolute atomic E-state index is 0.0442. The number of carbonyl (C=O) groups is 1. The fourth-order valence-corrected chi connectivity index (χ4v) is 4.85. The number of sulfonamides is 1. The Kier molecular flexibility index (Phi) is 6.00. The number of rotatable bonds is 5. The number of phenols is 1. The molecule has 7 nitrogen and oxygen atoms in total. The van der Waals surface area contributed by atoms with Gasteiger partial charge in [-0.25, -0.2) is 17.2 Å². The minimum atomic E-state index is -4.65. The van der Waals surface area contributed by atoms with Gasteiger partial charge in [0.15, 0.2) is 5.75 Å². The highest BCUT2D eigenvalue weighted by atomic mass is 35.5. The van der Waals surface area contributed by atoms with Gasteiger partial charge in [0, 0.05) is 30.3 Å². The molecule has 3 aromatic rings. The second kappa shape index (κ2) is 8.62. The molecule has 3 aromatic carbocycles. The first-order chi connectivity index (χ1) is 15.6. The second-order valence-corrected chi connectivity index (χ2v) is 9.51. The van der Waals surface area contributed by atoms with Crippen molar-refractivity contribution >= 4 is 33.2 Å². The Morgan fingerprint density at radius 3 is 2.36 bits per heavy atom. The zero-order chi connectivity index (χ0) is 23.9. The van der Waals surface area contributed by atoms with Gasteiger partial charge in [0.2, 0.25) is 0 Å². The molecule has 0 spiro atoms. The van der Waals surface area contributed by atoms with Gasteiger partial charge in [0.1, 0.15) is 16.5 Å². The summed E-state index contributed by atoms with van der Waals surface area (Å²) in [6.07, 6.45) is -0.674. The number of nitrogens with one attached hydrogen (secondary N) is 1. The van der Waals surface area contributed by atoms with E-state index in [0.717, 1.165) is 18.2 Å². The van der Waals surface area contributed by atoms with E-state index in [4.69, 9.17) is 11.6 Å². The average molecular weight is 495 g/mol. The fourth-order valence-electron chi connectivity index (χ4n) is 3.37. The van der Waals surface area contributed by atoms with Crippen molar-refractivity contribution in [2.45, 2.75) is 11.0 Å². The monoisotopic (exact) mass is 494 g/mol. The molecule has 0 saturated carbocycles. The van der Waals surface area contributed by atoms with Crippen LogP contribution in [0.25, 0.3) is 11.1 Å². The molecule has 0 bridgehead atoms. The zero-order valence-corrected chi connectivity index (χ0v) is 18.4. The highest BCUT2D eigenvalue weighted by Crippen LogP contribution is 2.35. The number of nitrogens with zero attached hydrogens (tertiary/aromatic N) is 1. The molecule has 1 aliphatic rings. The first-order valence-electron chi connectivity index (χ1n) is 9.64. The Morgan fingerprint density at radius 2 is 1.73 bits per heavy atom. The molecule has 1 amide bonds. The van der Waals surface area contributed by atoms with Crippen molar-refractivity contribution in [2.75, 3.05) is 17.8 Å². The van der Waals surface area contributed by atoms with E-state index in [0.29, 0.717) is 11.6 Å². The number of hydrogen-bond acceptors (Lipinski definition) is 5. The molecule has 0 aliphatic carbocycles. The molecule has 0 unspecified atom stereocenters. The molecule has 4 rings (SSSR count). The van der Waals surface area contributed by atoms with Crippen LogP contribution in [0.15, 0.2) is 59.5 Å². The van der Waals surface area contributed by atoms with Crippen LogP contribution in [0.3, 0.4) is 0 Å². The number of phenolic OH excluding ortho intramolecular Hbond substituents is 1. The number of aliphatic hydroxyl groups is 1. The topological polar surface area (TPSA) is 107 Å². The molecular weight excluding hydrogens is 478 g/mol. The number of likely N-dealkylation sites (tertiary alicyclic amines) is 1. The summed E-state index contributed by atoms with van der Waals surface area (Å²) < 4.78 is 56.7. The third-order valence-electron chi connectivity index (χ3n) is 5.10. The number of anilines is 1. The van der Waals surface area contributed by atoms with E-state index in [9.17, 15) is 32.2 Å². The van der Waals surface area contributed by atoms with E-state index in [1.54, 1.807) is 30.3 Å². The van der Waals surface area contributed by atoms with Crippen molar-refractivity contribution in [1.82, 2.24) is 4.90 Å². The van der Waals surface area contributed by atoms with Crippen LogP contribution >= 0.6 is 11.6 Å². The van der Waals surface area contributed by atoms with Crippen LogP contribution in [0.5, 0.6) is 5.75 Å². The molecular formula is C22H17ClF2N2O5S. The summed E-state index contributed by atoms with van der Waals surface area (Å²) in [5.74, 6) is -3.51. The summed E-state index contributed by atoms with van der Waals surface area (Å²) >= 11 is 5.94. The highest BCUT2D eigenvalue weighted by molar-refractivity contribution is 7.92. The number of aromatic hydroxyl groups is 1. The maximum absolute atomic E-state index is 14.4. The Bertz CT molecular complexity index is 1350. The predicted octanol–water partition coefficient (Wildman–Crippen LogP) is 3.61. The van der Waals surface area contributed by atoms with Crippen LogP contribution in [0.4, 0.5) is 14.5 Å². The molecule has 1 saturated heterocycles. The molecule has 1 fully saturated rings. The predicted molar refractivity (Wildman–Crippen MR) is 118 cm³/mol. The van der Waals surface area contributed by atoms with E-state index in [-0.39, 0.29) is 24.2 Å². The lowest BCUT2D eigenvalue weighted by atomic mass is 10.0. The molecule has 0 aromatic heterocycles. The van der Waals surface area contributed by atoms with Gasteiger partial charge >= 0.3 is 0 Å². The molecule has 1 heterocycles. The van der Waals surface area contributed by atoms with Crippen molar-refractivity contribution in [3.63, 3.8) is 0 Å². The number of β-amino-alcohol motifs (C(OH)–C–C–N with tert-alkyl or cyclic N) is 1. The van der Waals surface area contributed by atoms with E-state index < -0.39 is 55.0 Å². The summed E-state index contributed by atoms with van der Waals surface area (Å²) in [6, 6.07) is 11.7. The number of benzene rings is 3. The SMILES string of the molecule is O=C(c1cc(Cl)c(O)c(S(=O)(=O)Nc2cc(-c3ccccc3)c(F)cc2F)c1)N1CC(O)C1. The first-order valence-corrected chi connectivity index (χ1v) is 11.5. The van der Waals surface area contributed by atoms with Crippen LogP contribution in [-0.2, 0) is 10.0 Å². The Hall–Kier alpha value is -3.21. The normalized spacial score (nSPS) is 14.1. The summed E-state index contributed by atoms with van der Waals surface area (Å²) in [6.45, 7) is 0.140. The molecule has 0 atom stereocenters. The Morgan fingerprint density at radius 1 is 1.06 bits per heavy atom. The zero-order valence-electron chi connectivity index (χ0n) is 16.8. The van der Waals surface area contributed by atoms with Gasteiger partial charge in [0.05, 0.1) is 16.8 Å². The van der Waals surface area contributed by atoms with Crippen LogP contribution in [-0.4, -0.2) is 48.6 Å². The van der Waals surface area contributed by atoms with Gasteiger partial charge in [-0.3, -0.25) is 9.52 Å². The van der Waals surface area contributed by atoms with Gasteiger partial charge in [0.25, 0.3) is 15.9 Å². The summed E-state index contributed by atoms with van der Waals surface area (Å²) in [5, 5.41) is 19.2. The quantitative estimate of drug-likeness (QED) is 0.502. The van der Waals surface area contributed by atoms with Gasteiger partial charge < -0.3 is 15.1 Å². The molecule has 3 N–H and O–H groups in total. The maximum Gasteiger partial charge on any atom is 0.265 e. The van der Waals surface area contributed by atoms with E-state index in [2.05, 4.69) is 0 Å². The molecule has 0 radical (unpaired) electrons. The molecule has 33 heavy (non-hydrogen) atoms. The molecule has 11 heteroatoms. The van der Waals surface area contributed by atoms with Crippen molar-refractivity contribution in [3.05, 3.63) is 76.8 Å². The Balaban J connectivity index is 1.72. The summed E-state index contributed by atoms with van der Waals surface area (Å²) in [5.41, 5.74) is -0.356. The molecule has 172 valence electrons. The van der Waals surface area contributed by atoms with E-state index in [1.165, 1.54) is 4.90 Å². The van der Waals surface area contributed by atoms with Crippen LogP contribution in [0.1, 0.15) is 10.4 Å². The van der Waals surface area contributed by atoms with Crippen molar-refractivity contribution < 1.29 is 32.2 Å². The smallest absolute Gasteiger partial charge is 0.265 e. The van der Waals surface area contributed by atoms with Crippen LogP contribution in [0.2, 0.25) is 5.02 Å². The number of aliphatic hydroxyl groups excluding tert-OH is 1. The summed E-state index contributed by atoms with van der Waals surface area (Å²) in [4.78, 5) is 13.0. The van der Waals surface area contributed by atoms with Crippen molar-refractivity contribution in [1.29, 1.82) is 0 Å². The van der Waals surface area contributed by atoms with Crippen LogP contribution in [0, 0.1) is 11.6 Å². The van der Waals surface area contributed by atoms with E-state index in [1.807, 2.05) is 4.72 Å². The van der Waals surface area contributed by atoms with Gasteiger partial charge in [-0.05, 0) is 23.8 Å². The molecule has 1 aliphatic heterocycles. The fraction of sp³-hybridized carbons (Fsp3) is 0.136. The lowest BCUT2D eigenvalue weighted by Gasteiger charge is -2.36. The number of carbonyl (C=O) groups excluding carboxylic acids is 1. The Labute approximate surface area is 192 Å². The summed E-state index contributed by atoms with van der Waals surface area (Å²) in [7, 11) is -4.65. The number of hydrogen-bond donors (Lipinski definition) is 3. The minimum Gasteiger partial charge on any atom is -0.505 e. The number of amides is 1. The average Bonchev–Trinajstić information content (AvgIpc) is 2.75. The standard InChI is InChI=1S/C22H17ClF2N2O5S/c23-16-6-13(22(30)27-10-14(28)11-27)7-20(21(16)29)33(31,32)26-19-8-15(17(24)9-18(19)25)12-4-2-1-3-5-12/h1-9,14,26,28-29H,10-11H2. The van der Waals surface area contributed by atoms with Gasteiger partial charge in [-0.1, -0.05) is 41.9 Å². The van der Waals surface area contributed by atoms with Gasteiger partial charge in [-0.15, -0.1) is 0 Å². The number of halogens is 3. The second-order valence-electron chi connectivity index (χ2n) is 7.45. The third kappa shape index (κ3) is 4.50. The highest BCUT2D eigenvalue weighted by Gasteiger charge is 2.32. The first kappa shape index (κ1) is 23.0. The lowest BCUT2D eigenvalue weighted by Crippen LogP contribution is -2.53. The van der Waals surface area contributed by atoms with E-state index >= 15 is 0 Å². The third-order valence-corrected chi connectivity index (χ3v) is 6.77. The van der Waals surface area contributed by atoms with Crippen molar-refractivity contribution in [3.8, 4) is 16.9 Å².